The summed E-state index contributed by atoms with van der Waals surface area (Å²) >= 11 is 0. The number of benzene rings is 1. The lowest BCUT2D eigenvalue weighted by atomic mass is 9.96. The van der Waals surface area contributed by atoms with E-state index in [2.05, 4.69) is 36.1 Å². The van der Waals surface area contributed by atoms with E-state index in [1.165, 1.54) is 11.3 Å². The average Bonchev–Trinajstić information content (AvgIpc) is 2.32. The number of rotatable bonds is 2. The first-order valence-electron chi connectivity index (χ1n) is 5.72. The van der Waals surface area contributed by atoms with E-state index in [0.717, 1.165) is 12.8 Å². The van der Waals surface area contributed by atoms with Gasteiger partial charge in [0.05, 0.1) is 6.07 Å². The van der Waals surface area contributed by atoms with Gasteiger partial charge in [0.15, 0.2) is 0 Å². The third kappa shape index (κ3) is 2.02. The largest absolute Gasteiger partial charge is 0.366 e. The molecule has 84 valence electrons. The van der Waals surface area contributed by atoms with Gasteiger partial charge in [0.1, 0.15) is 6.04 Å². The zero-order chi connectivity index (χ0) is 11.5. The highest BCUT2D eigenvalue weighted by atomic mass is 15.2. The molecular formula is C13H17N3. The van der Waals surface area contributed by atoms with E-state index in [1.54, 1.807) is 0 Å². The summed E-state index contributed by atoms with van der Waals surface area (Å²) in [6, 6.07) is 10.5. The van der Waals surface area contributed by atoms with Crippen LogP contribution in [-0.2, 0) is 6.42 Å². The van der Waals surface area contributed by atoms with Gasteiger partial charge in [-0.05, 0) is 31.4 Å². The second-order valence-electron chi connectivity index (χ2n) is 4.40. The van der Waals surface area contributed by atoms with Crippen molar-refractivity contribution in [3.05, 3.63) is 29.8 Å². The molecule has 1 aromatic carbocycles. The van der Waals surface area contributed by atoms with Crippen LogP contribution in [0.15, 0.2) is 24.3 Å². The fourth-order valence-electron chi connectivity index (χ4n) is 2.29. The Labute approximate surface area is 96.5 Å². The van der Waals surface area contributed by atoms with Crippen LogP contribution >= 0.6 is 0 Å². The van der Waals surface area contributed by atoms with Crippen LogP contribution in [0, 0.1) is 11.3 Å². The van der Waals surface area contributed by atoms with E-state index in [4.69, 9.17) is 11.0 Å². The number of fused-ring (bicyclic) bond motifs is 1. The van der Waals surface area contributed by atoms with Crippen LogP contribution in [0.2, 0.25) is 0 Å². The quantitative estimate of drug-likeness (QED) is 0.816. The molecule has 0 aliphatic carbocycles. The third-order valence-electron chi connectivity index (χ3n) is 3.22. The molecule has 0 radical (unpaired) electrons. The molecular weight excluding hydrogens is 198 g/mol. The van der Waals surface area contributed by atoms with Crippen molar-refractivity contribution in [3.8, 4) is 6.07 Å². The van der Waals surface area contributed by atoms with Crippen molar-refractivity contribution < 1.29 is 0 Å². The molecule has 1 heterocycles. The maximum absolute atomic E-state index is 8.80. The summed E-state index contributed by atoms with van der Waals surface area (Å²) in [4.78, 5) is 2.26. The summed E-state index contributed by atoms with van der Waals surface area (Å²) in [6.07, 6.45) is 2.25. The number of hydrogen-bond donors (Lipinski definition) is 1. The second kappa shape index (κ2) is 4.54. The Morgan fingerprint density at radius 1 is 1.56 bits per heavy atom. The summed E-state index contributed by atoms with van der Waals surface area (Å²) in [6.45, 7) is 2.81. The van der Waals surface area contributed by atoms with Gasteiger partial charge >= 0.3 is 0 Å². The van der Waals surface area contributed by atoms with Crippen LogP contribution in [0.5, 0.6) is 0 Å². The van der Waals surface area contributed by atoms with E-state index >= 15 is 0 Å². The molecule has 0 fully saturated rings. The normalized spacial score (nSPS) is 21.1. The number of nitriles is 1. The van der Waals surface area contributed by atoms with Crippen molar-refractivity contribution in [2.45, 2.75) is 31.8 Å². The van der Waals surface area contributed by atoms with Gasteiger partial charge in [0.2, 0.25) is 0 Å². The Hall–Kier alpha value is -1.53. The molecule has 0 bridgehead atoms. The highest BCUT2D eigenvalue weighted by Gasteiger charge is 2.23. The van der Waals surface area contributed by atoms with Crippen molar-refractivity contribution in [1.82, 2.24) is 0 Å². The number of nitrogens with zero attached hydrogens (tertiary/aromatic N) is 2. The average molecular weight is 215 g/mol. The van der Waals surface area contributed by atoms with Gasteiger partial charge in [-0.1, -0.05) is 18.2 Å². The van der Waals surface area contributed by atoms with E-state index < -0.39 is 6.04 Å². The molecule has 1 aliphatic heterocycles. The van der Waals surface area contributed by atoms with Gasteiger partial charge in [-0.15, -0.1) is 0 Å². The van der Waals surface area contributed by atoms with Crippen molar-refractivity contribution in [1.29, 1.82) is 5.26 Å². The SMILES string of the molecule is CC1CCc2ccccc2N1CC(N)C#N. The minimum absolute atomic E-state index is 0.409. The Kier molecular flexibility index (Phi) is 3.12. The predicted octanol–water partition coefficient (Wildman–Crippen LogP) is 1.68. The van der Waals surface area contributed by atoms with Gasteiger partial charge in [-0.25, -0.2) is 0 Å². The van der Waals surface area contributed by atoms with Crippen LogP contribution in [-0.4, -0.2) is 18.6 Å². The fourth-order valence-corrected chi connectivity index (χ4v) is 2.29. The van der Waals surface area contributed by atoms with Crippen molar-refractivity contribution in [2.24, 2.45) is 5.73 Å². The summed E-state index contributed by atoms with van der Waals surface area (Å²) < 4.78 is 0. The van der Waals surface area contributed by atoms with Crippen LogP contribution < -0.4 is 10.6 Å². The highest BCUT2D eigenvalue weighted by Crippen LogP contribution is 2.30. The molecule has 1 aliphatic rings. The summed E-state index contributed by atoms with van der Waals surface area (Å²) in [5, 5.41) is 8.80. The van der Waals surface area contributed by atoms with Crippen LogP contribution in [0.3, 0.4) is 0 Å². The predicted molar refractivity (Wildman–Crippen MR) is 65.2 cm³/mol. The first kappa shape index (κ1) is 11.0. The van der Waals surface area contributed by atoms with Crippen LogP contribution in [0.25, 0.3) is 0 Å². The molecule has 3 nitrogen and oxygen atoms in total. The molecule has 0 spiro atoms. The molecule has 2 unspecified atom stereocenters. The molecule has 2 atom stereocenters. The Balaban J connectivity index is 2.27. The molecule has 0 amide bonds. The van der Waals surface area contributed by atoms with Crippen LogP contribution in [0.1, 0.15) is 18.9 Å². The minimum atomic E-state index is -0.409. The summed E-state index contributed by atoms with van der Waals surface area (Å²) in [5.41, 5.74) is 8.33. The number of aryl methyl sites for hydroxylation is 1. The smallest absolute Gasteiger partial charge is 0.110 e. The van der Waals surface area contributed by atoms with E-state index in [-0.39, 0.29) is 0 Å². The van der Waals surface area contributed by atoms with Crippen LogP contribution in [0.4, 0.5) is 5.69 Å². The summed E-state index contributed by atoms with van der Waals surface area (Å²) in [5.74, 6) is 0. The zero-order valence-corrected chi connectivity index (χ0v) is 9.56. The van der Waals surface area contributed by atoms with E-state index in [1.807, 2.05) is 6.07 Å². The molecule has 0 aromatic heterocycles. The fraction of sp³-hybridized carbons (Fsp3) is 0.462. The highest BCUT2D eigenvalue weighted by molar-refractivity contribution is 5.56. The maximum atomic E-state index is 8.80. The number of anilines is 1. The molecule has 0 saturated heterocycles. The van der Waals surface area contributed by atoms with Gasteiger partial charge in [0, 0.05) is 18.3 Å². The standard InChI is InChI=1S/C13H17N3/c1-10-6-7-11-4-2-3-5-13(11)16(10)9-12(15)8-14/h2-5,10,12H,6-7,9,15H2,1H3. The molecule has 3 heteroatoms. The monoisotopic (exact) mass is 215 g/mol. The van der Waals surface area contributed by atoms with Gasteiger partial charge in [-0.2, -0.15) is 5.26 Å². The second-order valence-corrected chi connectivity index (χ2v) is 4.40. The number of nitrogens with two attached hydrogens (primary N) is 1. The molecule has 16 heavy (non-hydrogen) atoms. The molecule has 1 aromatic rings. The third-order valence-corrected chi connectivity index (χ3v) is 3.22. The lowest BCUT2D eigenvalue weighted by Gasteiger charge is -2.37. The van der Waals surface area contributed by atoms with E-state index in [9.17, 15) is 0 Å². The van der Waals surface area contributed by atoms with Gasteiger partial charge in [0.25, 0.3) is 0 Å². The molecule has 2 rings (SSSR count). The Bertz CT molecular complexity index is 408. The number of hydrogen-bond acceptors (Lipinski definition) is 3. The van der Waals surface area contributed by atoms with Crippen molar-refractivity contribution in [2.75, 3.05) is 11.4 Å². The molecule has 2 N–H and O–H groups in total. The number of para-hydroxylation sites is 1. The minimum Gasteiger partial charge on any atom is -0.366 e. The topological polar surface area (TPSA) is 53.0 Å². The molecule has 0 saturated carbocycles. The summed E-state index contributed by atoms with van der Waals surface area (Å²) in [7, 11) is 0. The lowest BCUT2D eigenvalue weighted by Crippen LogP contribution is -2.44. The van der Waals surface area contributed by atoms with Crippen molar-refractivity contribution in [3.63, 3.8) is 0 Å². The van der Waals surface area contributed by atoms with E-state index in [0.29, 0.717) is 12.6 Å². The lowest BCUT2D eigenvalue weighted by molar-refractivity contribution is 0.550. The first-order chi connectivity index (χ1) is 7.72. The Morgan fingerprint density at radius 2 is 2.31 bits per heavy atom. The zero-order valence-electron chi connectivity index (χ0n) is 9.56. The van der Waals surface area contributed by atoms with Gasteiger partial charge < -0.3 is 10.6 Å². The Morgan fingerprint density at radius 3 is 3.06 bits per heavy atom. The maximum Gasteiger partial charge on any atom is 0.110 e. The first-order valence-corrected chi connectivity index (χ1v) is 5.72. The van der Waals surface area contributed by atoms with Crippen molar-refractivity contribution >= 4 is 5.69 Å². The van der Waals surface area contributed by atoms with Gasteiger partial charge in [-0.3, -0.25) is 0 Å².